The summed E-state index contributed by atoms with van der Waals surface area (Å²) >= 11 is 0. The zero-order valence-corrected chi connectivity index (χ0v) is 15.0. The number of H-pyrrole nitrogens is 1. The smallest absolute Gasteiger partial charge is 0.156 e. The first-order chi connectivity index (χ1) is 12.8. The van der Waals surface area contributed by atoms with Gasteiger partial charge in [0.1, 0.15) is 17.9 Å². The molecule has 136 valence electrons. The molecule has 2 aliphatic heterocycles. The lowest BCUT2D eigenvalue weighted by atomic mass is 9.94. The van der Waals surface area contributed by atoms with E-state index in [0.717, 1.165) is 80.6 Å². The van der Waals surface area contributed by atoms with Crippen molar-refractivity contribution in [2.75, 3.05) is 19.8 Å². The van der Waals surface area contributed by atoms with Gasteiger partial charge in [0.05, 0.1) is 5.69 Å². The molecule has 2 aliphatic rings. The molecular weight excluding hydrogens is 328 g/mol. The van der Waals surface area contributed by atoms with Crippen LogP contribution in [-0.2, 0) is 17.7 Å². The second kappa shape index (κ2) is 7.37. The van der Waals surface area contributed by atoms with E-state index in [9.17, 15) is 0 Å². The third-order valence-electron chi connectivity index (χ3n) is 5.13. The van der Waals surface area contributed by atoms with Crippen molar-refractivity contribution in [2.24, 2.45) is 4.99 Å². The first-order valence-electron chi connectivity index (χ1n) is 9.15. The third kappa shape index (κ3) is 3.26. The van der Waals surface area contributed by atoms with Gasteiger partial charge in [0.15, 0.2) is 5.84 Å². The summed E-state index contributed by atoms with van der Waals surface area (Å²) in [4.78, 5) is 19.3. The summed E-state index contributed by atoms with van der Waals surface area (Å²) in [5, 5.41) is 7.56. The molecule has 2 aromatic rings. The van der Waals surface area contributed by atoms with Gasteiger partial charge in [-0.1, -0.05) is 6.07 Å². The van der Waals surface area contributed by atoms with Gasteiger partial charge in [0.2, 0.25) is 0 Å². The highest BCUT2D eigenvalue weighted by atomic mass is 16.5. The first-order valence-corrected chi connectivity index (χ1v) is 9.15. The van der Waals surface area contributed by atoms with Crippen LogP contribution in [0.15, 0.2) is 23.3 Å². The lowest BCUT2D eigenvalue weighted by Gasteiger charge is -2.31. The maximum Gasteiger partial charge on any atom is 0.156 e. The molecular formula is C19H24N6O. The molecule has 1 saturated heterocycles. The maximum atomic E-state index is 7.56. The van der Waals surface area contributed by atoms with E-state index in [-0.39, 0.29) is 0 Å². The van der Waals surface area contributed by atoms with Gasteiger partial charge >= 0.3 is 0 Å². The van der Waals surface area contributed by atoms with E-state index in [1.54, 1.807) is 0 Å². The zero-order chi connectivity index (χ0) is 17.9. The van der Waals surface area contributed by atoms with Gasteiger partial charge in [-0.2, -0.15) is 0 Å². The largest absolute Gasteiger partial charge is 0.381 e. The minimum Gasteiger partial charge on any atom is -0.381 e. The Balaban J connectivity index is 1.68. The highest BCUT2D eigenvalue weighted by molar-refractivity contribution is 6.01. The highest BCUT2D eigenvalue weighted by Gasteiger charge is 2.28. The molecule has 2 N–H and O–H groups in total. The van der Waals surface area contributed by atoms with Crippen molar-refractivity contribution >= 4 is 12.2 Å². The Morgan fingerprint density at radius 1 is 1.42 bits per heavy atom. The molecule has 0 spiro atoms. The molecule has 0 saturated carbocycles. The first kappa shape index (κ1) is 16.9. The zero-order valence-electron chi connectivity index (χ0n) is 15.0. The minimum absolute atomic E-state index is 0.373. The van der Waals surface area contributed by atoms with Crippen molar-refractivity contribution in [1.82, 2.24) is 19.9 Å². The fourth-order valence-corrected chi connectivity index (χ4v) is 3.86. The molecule has 0 amide bonds. The van der Waals surface area contributed by atoms with Crippen LogP contribution < -0.4 is 0 Å². The minimum atomic E-state index is 0.373. The number of aliphatic imine (C=N–C) groups is 1. The summed E-state index contributed by atoms with van der Waals surface area (Å²) < 4.78 is 5.51. The number of nitrogens with one attached hydrogen (secondary N) is 2. The van der Waals surface area contributed by atoms with Crippen molar-refractivity contribution in [1.29, 1.82) is 5.41 Å². The van der Waals surface area contributed by atoms with Crippen LogP contribution in [0, 0.1) is 12.3 Å². The Kier molecular flexibility index (Phi) is 4.79. The highest BCUT2D eigenvalue weighted by Crippen LogP contribution is 2.30. The van der Waals surface area contributed by atoms with E-state index in [1.807, 2.05) is 19.2 Å². The molecule has 7 nitrogen and oxygen atoms in total. The molecule has 2 aromatic heterocycles. The van der Waals surface area contributed by atoms with Gasteiger partial charge in [-0.05, 0) is 31.4 Å². The number of amidine groups is 1. The van der Waals surface area contributed by atoms with Crippen molar-refractivity contribution in [3.05, 3.63) is 46.8 Å². The molecule has 26 heavy (non-hydrogen) atoms. The second-order valence-corrected chi connectivity index (χ2v) is 6.83. The van der Waals surface area contributed by atoms with Crippen LogP contribution in [-0.4, -0.2) is 51.8 Å². The van der Waals surface area contributed by atoms with E-state index < -0.39 is 0 Å². The summed E-state index contributed by atoms with van der Waals surface area (Å²) in [6.45, 7) is 5.11. The van der Waals surface area contributed by atoms with E-state index in [2.05, 4.69) is 25.9 Å². The van der Waals surface area contributed by atoms with Gasteiger partial charge in [0, 0.05) is 50.5 Å². The van der Waals surface area contributed by atoms with E-state index >= 15 is 0 Å². The predicted molar refractivity (Wildman–Crippen MR) is 99.8 cm³/mol. The normalized spacial score (nSPS) is 18.7. The number of aromatic amines is 1. The third-order valence-corrected chi connectivity index (χ3v) is 5.13. The SMILES string of the molecule is Cc1nc(C2CCOCC2)c(/C(=N\C=N)N2CCc3ncccc3C2)[nH]1. The Labute approximate surface area is 153 Å². The standard InChI is InChI=1S/C19H24N6O/c1-13-23-17(14-5-9-26-10-6-14)18(24-13)19(22-12-20)25-8-4-16-15(11-25)3-2-7-21-16/h2-3,7,12,14,20H,4-6,8-11H2,1H3,(H,23,24)/b20-12?,22-19+. The van der Waals surface area contributed by atoms with Crippen molar-refractivity contribution in [3.63, 3.8) is 0 Å². The second-order valence-electron chi connectivity index (χ2n) is 6.83. The summed E-state index contributed by atoms with van der Waals surface area (Å²) in [5.74, 6) is 2.06. The molecule has 7 heteroatoms. The van der Waals surface area contributed by atoms with Gasteiger partial charge < -0.3 is 14.6 Å². The number of ether oxygens (including phenoxy) is 1. The van der Waals surface area contributed by atoms with Crippen LogP contribution in [0.4, 0.5) is 0 Å². The molecule has 0 bridgehead atoms. The van der Waals surface area contributed by atoms with E-state index in [4.69, 9.17) is 15.1 Å². The summed E-state index contributed by atoms with van der Waals surface area (Å²) in [6, 6.07) is 4.09. The average molecular weight is 352 g/mol. The van der Waals surface area contributed by atoms with Crippen LogP contribution in [0.25, 0.3) is 0 Å². The van der Waals surface area contributed by atoms with Crippen LogP contribution in [0.5, 0.6) is 0 Å². The fraction of sp³-hybridized carbons (Fsp3) is 0.474. The van der Waals surface area contributed by atoms with Crippen LogP contribution in [0.2, 0.25) is 0 Å². The van der Waals surface area contributed by atoms with E-state index in [0.29, 0.717) is 5.92 Å². The lowest BCUT2D eigenvalue weighted by molar-refractivity contribution is 0.0845. The number of imidazole rings is 1. The number of hydrogen-bond donors (Lipinski definition) is 2. The van der Waals surface area contributed by atoms with Crippen molar-refractivity contribution in [3.8, 4) is 0 Å². The number of hydrogen-bond acceptors (Lipinski definition) is 4. The number of pyridine rings is 1. The quantitative estimate of drug-likeness (QED) is 0.656. The molecule has 0 unspecified atom stereocenters. The maximum absolute atomic E-state index is 7.56. The van der Waals surface area contributed by atoms with Crippen molar-refractivity contribution < 1.29 is 4.74 Å². The Morgan fingerprint density at radius 2 is 2.27 bits per heavy atom. The van der Waals surface area contributed by atoms with Crippen LogP contribution in [0.1, 0.15) is 47.2 Å². The Hall–Kier alpha value is -2.54. The topological polar surface area (TPSA) is 90.2 Å². The average Bonchev–Trinajstić information content (AvgIpc) is 3.08. The molecule has 0 radical (unpaired) electrons. The summed E-state index contributed by atoms with van der Waals surface area (Å²) in [6.07, 6.45) is 5.80. The molecule has 0 aromatic carbocycles. The fourth-order valence-electron chi connectivity index (χ4n) is 3.86. The predicted octanol–water partition coefficient (Wildman–Crippen LogP) is 2.42. The molecule has 0 aliphatic carbocycles. The number of nitrogens with zero attached hydrogens (tertiary/aromatic N) is 4. The molecule has 4 heterocycles. The summed E-state index contributed by atoms with van der Waals surface area (Å²) in [7, 11) is 0. The molecule has 4 rings (SSSR count). The van der Waals surface area contributed by atoms with Gasteiger partial charge in [-0.15, -0.1) is 0 Å². The number of rotatable bonds is 3. The van der Waals surface area contributed by atoms with Crippen LogP contribution >= 0.6 is 0 Å². The van der Waals surface area contributed by atoms with Crippen molar-refractivity contribution in [2.45, 2.75) is 38.6 Å². The van der Waals surface area contributed by atoms with Gasteiger partial charge in [-0.25, -0.2) is 9.98 Å². The monoisotopic (exact) mass is 352 g/mol. The Bertz CT molecular complexity index is 821. The van der Waals surface area contributed by atoms with Gasteiger partial charge in [0.25, 0.3) is 0 Å². The van der Waals surface area contributed by atoms with Crippen LogP contribution in [0.3, 0.4) is 0 Å². The van der Waals surface area contributed by atoms with E-state index in [1.165, 1.54) is 5.56 Å². The number of fused-ring (bicyclic) bond motifs is 1. The number of aromatic nitrogens is 3. The summed E-state index contributed by atoms with van der Waals surface area (Å²) in [5.41, 5.74) is 4.39. The molecule has 1 fully saturated rings. The van der Waals surface area contributed by atoms with Gasteiger partial charge in [-0.3, -0.25) is 10.4 Å². The lowest BCUT2D eigenvalue weighted by Crippen LogP contribution is -2.38. The number of aryl methyl sites for hydroxylation is 1. The molecule has 0 atom stereocenters. The Morgan fingerprint density at radius 3 is 3.08 bits per heavy atom.